The first-order valence-electron chi connectivity index (χ1n) is 4.92. The van der Waals surface area contributed by atoms with Crippen LogP contribution in [0.5, 0.6) is 0 Å². The molecular weight excluding hydrogens is 206 g/mol. The summed E-state index contributed by atoms with van der Waals surface area (Å²) in [5.74, 6) is 0.568. The van der Waals surface area contributed by atoms with Crippen LogP contribution in [0.2, 0.25) is 0 Å². The van der Waals surface area contributed by atoms with E-state index < -0.39 is 0 Å². The van der Waals surface area contributed by atoms with Crippen molar-refractivity contribution in [3.63, 3.8) is 0 Å². The molecule has 0 saturated carbocycles. The van der Waals surface area contributed by atoms with Crippen molar-refractivity contribution in [1.82, 2.24) is 20.6 Å². The second kappa shape index (κ2) is 4.71. The van der Waals surface area contributed by atoms with Gasteiger partial charge in [0.15, 0.2) is 0 Å². The number of hydrogen-bond donors (Lipinski definition) is 2. The van der Waals surface area contributed by atoms with Gasteiger partial charge in [0, 0.05) is 18.4 Å². The lowest BCUT2D eigenvalue weighted by Gasteiger charge is -2.06. The Bertz CT molecular complexity index is 454. The van der Waals surface area contributed by atoms with Crippen molar-refractivity contribution >= 4 is 5.69 Å². The Labute approximate surface area is 92.8 Å². The number of tetrazole rings is 1. The zero-order chi connectivity index (χ0) is 11.4. The number of benzene rings is 1. The number of ether oxygens (including phenoxy) is 1. The quantitative estimate of drug-likeness (QED) is 0.736. The van der Waals surface area contributed by atoms with Crippen LogP contribution in [0.25, 0.3) is 11.4 Å². The largest absolute Gasteiger partial charge is 0.399 e. The van der Waals surface area contributed by atoms with Gasteiger partial charge in [-0.3, -0.25) is 0 Å². The molecule has 0 aliphatic rings. The molecule has 0 aliphatic carbocycles. The van der Waals surface area contributed by atoms with Crippen LogP contribution in [0.4, 0.5) is 5.69 Å². The highest BCUT2D eigenvalue weighted by molar-refractivity contribution is 5.61. The molecule has 2 aromatic rings. The molecule has 6 nitrogen and oxygen atoms in total. The van der Waals surface area contributed by atoms with E-state index in [1.54, 1.807) is 7.11 Å². The van der Waals surface area contributed by atoms with Gasteiger partial charge in [0.1, 0.15) is 0 Å². The third-order valence-electron chi connectivity index (χ3n) is 2.32. The number of methoxy groups -OCH3 is 1. The number of anilines is 1. The molecule has 84 valence electrons. The van der Waals surface area contributed by atoms with Crippen LogP contribution in [0.3, 0.4) is 0 Å². The van der Waals surface area contributed by atoms with E-state index in [-0.39, 0.29) is 0 Å². The van der Waals surface area contributed by atoms with Crippen LogP contribution < -0.4 is 5.73 Å². The van der Waals surface area contributed by atoms with E-state index >= 15 is 0 Å². The maximum atomic E-state index is 5.86. The van der Waals surface area contributed by atoms with Crippen LogP contribution in [-0.2, 0) is 11.2 Å². The molecule has 6 heteroatoms. The SMILES string of the molecule is COCCc1cc(-c2nn[nH]n2)ccc1N. The molecule has 0 fully saturated rings. The van der Waals surface area contributed by atoms with Crippen LogP contribution in [0.15, 0.2) is 18.2 Å². The molecule has 1 heterocycles. The fourth-order valence-corrected chi connectivity index (χ4v) is 1.46. The average Bonchev–Trinajstić information content (AvgIpc) is 2.81. The summed E-state index contributed by atoms with van der Waals surface area (Å²) in [5.41, 5.74) is 8.55. The summed E-state index contributed by atoms with van der Waals surface area (Å²) in [6, 6.07) is 5.67. The van der Waals surface area contributed by atoms with Crippen molar-refractivity contribution in [1.29, 1.82) is 0 Å². The lowest BCUT2D eigenvalue weighted by atomic mass is 10.1. The predicted molar refractivity (Wildman–Crippen MR) is 59.6 cm³/mol. The normalized spacial score (nSPS) is 10.6. The Morgan fingerprint density at radius 1 is 1.44 bits per heavy atom. The van der Waals surface area contributed by atoms with Gasteiger partial charge in [-0.15, -0.1) is 10.2 Å². The molecule has 0 radical (unpaired) electrons. The Hall–Kier alpha value is -1.95. The summed E-state index contributed by atoms with van der Waals surface area (Å²) < 4.78 is 5.03. The maximum Gasteiger partial charge on any atom is 0.204 e. The fourth-order valence-electron chi connectivity index (χ4n) is 1.46. The molecule has 1 aromatic carbocycles. The van der Waals surface area contributed by atoms with Gasteiger partial charge in [0.2, 0.25) is 5.82 Å². The predicted octanol–water partition coefficient (Wildman–Crippen LogP) is 0.638. The summed E-state index contributed by atoms with van der Waals surface area (Å²) in [7, 11) is 1.67. The zero-order valence-corrected chi connectivity index (χ0v) is 8.97. The van der Waals surface area contributed by atoms with Gasteiger partial charge in [-0.25, -0.2) is 0 Å². The third kappa shape index (κ3) is 2.17. The van der Waals surface area contributed by atoms with E-state index in [9.17, 15) is 0 Å². The number of nitrogens with zero attached hydrogens (tertiary/aromatic N) is 3. The molecule has 0 saturated heterocycles. The second-order valence-electron chi connectivity index (χ2n) is 3.39. The van der Waals surface area contributed by atoms with Crippen molar-refractivity contribution in [2.24, 2.45) is 0 Å². The van der Waals surface area contributed by atoms with Gasteiger partial charge >= 0.3 is 0 Å². The first-order chi connectivity index (χ1) is 7.81. The van der Waals surface area contributed by atoms with Gasteiger partial charge in [-0.05, 0) is 35.4 Å². The van der Waals surface area contributed by atoms with E-state index in [4.69, 9.17) is 10.5 Å². The van der Waals surface area contributed by atoms with E-state index in [0.717, 1.165) is 23.2 Å². The minimum atomic E-state index is 0.568. The number of rotatable bonds is 4. The number of nitrogen functional groups attached to an aromatic ring is 1. The molecule has 1 aromatic heterocycles. The van der Waals surface area contributed by atoms with E-state index in [0.29, 0.717) is 12.4 Å². The Morgan fingerprint density at radius 2 is 2.31 bits per heavy atom. The van der Waals surface area contributed by atoms with Crippen molar-refractivity contribution in [2.75, 3.05) is 19.5 Å². The molecule has 0 atom stereocenters. The molecule has 0 aliphatic heterocycles. The topological polar surface area (TPSA) is 89.7 Å². The van der Waals surface area contributed by atoms with Gasteiger partial charge < -0.3 is 10.5 Å². The summed E-state index contributed by atoms with van der Waals surface area (Å²) in [4.78, 5) is 0. The number of nitrogens with one attached hydrogen (secondary N) is 1. The highest BCUT2D eigenvalue weighted by atomic mass is 16.5. The van der Waals surface area contributed by atoms with Crippen molar-refractivity contribution in [3.05, 3.63) is 23.8 Å². The van der Waals surface area contributed by atoms with Gasteiger partial charge in [0.05, 0.1) is 6.61 Å². The smallest absolute Gasteiger partial charge is 0.204 e. The summed E-state index contributed by atoms with van der Waals surface area (Å²) in [6.45, 7) is 0.639. The maximum absolute atomic E-state index is 5.86. The average molecular weight is 219 g/mol. The number of hydrogen-bond acceptors (Lipinski definition) is 5. The molecule has 3 N–H and O–H groups in total. The van der Waals surface area contributed by atoms with E-state index in [2.05, 4.69) is 20.6 Å². The third-order valence-corrected chi connectivity index (χ3v) is 2.32. The van der Waals surface area contributed by atoms with Gasteiger partial charge in [-0.2, -0.15) is 5.21 Å². The Kier molecular flexibility index (Phi) is 3.11. The van der Waals surface area contributed by atoms with Crippen LogP contribution in [0.1, 0.15) is 5.56 Å². The van der Waals surface area contributed by atoms with Crippen LogP contribution in [0, 0.1) is 0 Å². The van der Waals surface area contributed by atoms with Crippen molar-refractivity contribution in [2.45, 2.75) is 6.42 Å². The lowest BCUT2D eigenvalue weighted by molar-refractivity contribution is 0.202. The molecule has 0 bridgehead atoms. The highest BCUT2D eigenvalue weighted by Crippen LogP contribution is 2.20. The number of H-pyrrole nitrogens is 1. The second-order valence-corrected chi connectivity index (χ2v) is 3.39. The molecule has 0 spiro atoms. The van der Waals surface area contributed by atoms with Crippen LogP contribution in [-0.4, -0.2) is 34.3 Å². The molecule has 0 unspecified atom stereocenters. The summed E-state index contributed by atoms with van der Waals surface area (Å²) in [5, 5.41) is 13.8. The van der Waals surface area contributed by atoms with Crippen molar-refractivity contribution in [3.8, 4) is 11.4 Å². The molecule has 2 rings (SSSR count). The minimum absolute atomic E-state index is 0.568. The summed E-state index contributed by atoms with van der Waals surface area (Å²) in [6.07, 6.45) is 0.772. The Balaban J connectivity index is 2.28. The van der Waals surface area contributed by atoms with Gasteiger partial charge in [0.25, 0.3) is 0 Å². The first-order valence-corrected chi connectivity index (χ1v) is 4.92. The van der Waals surface area contributed by atoms with Crippen molar-refractivity contribution < 1.29 is 4.74 Å². The van der Waals surface area contributed by atoms with E-state index in [1.165, 1.54) is 0 Å². The number of aromatic nitrogens is 4. The fraction of sp³-hybridized carbons (Fsp3) is 0.300. The molecule has 0 amide bonds. The Morgan fingerprint density at radius 3 is 3.00 bits per heavy atom. The first kappa shape index (κ1) is 10.6. The molecular formula is C10H13N5O. The zero-order valence-electron chi connectivity index (χ0n) is 8.97. The number of nitrogens with two attached hydrogens (primary N) is 1. The lowest BCUT2D eigenvalue weighted by Crippen LogP contribution is -2.00. The molecule has 16 heavy (non-hydrogen) atoms. The highest BCUT2D eigenvalue weighted by Gasteiger charge is 2.06. The minimum Gasteiger partial charge on any atom is -0.399 e. The monoisotopic (exact) mass is 219 g/mol. The van der Waals surface area contributed by atoms with Crippen LogP contribution >= 0.6 is 0 Å². The summed E-state index contributed by atoms with van der Waals surface area (Å²) >= 11 is 0. The van der Waals surface area contributed by atoms with Gasteiger partial charge in [-0.1, -0.05) is 0 Å². The number of aromatic amines is 1. The standard InChI is InChI=1S/C10H13N5O/c1-16-5-4-7-6-8(2-3-9(7)11)10-12-14-15-13-10/h2-3,6H,4-5,11H2,1H3,(H,12,13,14,15). The van der Waals surface area contributed by atoms with E-state index in [1.807, 2.05) is 18.2 Å².